The third-order valence-electron chi connectivity index (χ3n) is 2.63. The first kappa shape index (κ1) is 16.1. The number of nitrogens with one attached hydrogen (secondary N) is 1. The van der Waals surface area contributed by atoms with Gasteiger partial charge in [-0.2, -0.15) is 5.10 Å². The molecule has 11 heteroatoms. The normalized spacial score (nSPS) is 11.3. The van der Waals surface area contributed by atoms with E-state index in [-0.39, 0.29) is 24.7 Å². The van der Waals surface area contributed by atoms with Gasteiger partial charge in [0, 0.05) is 5.21 Å². The smallest absolute Gasteiger partial charge is 0.390 e. The summed E-state index contributed by atoms with van der Waals surface area (Å²) in [7, 11) is 0. The molecule has 0 unspecified atom stereocenters. The minimum atomic E-state index is -0.763. The first-order valence-electron chi connectivity index (χ1n) is 6.42. The van der Waals surface area contributed by atoms with Crippen molar-refractivity contribution in [2.24, 2.45) is 5.10 Å². The molecule has 0 saturated carbocycles. The van der Waals surface area contributed by atoms with Crippen molar-refractivity contribution in [2.75, 3.05) is 0 Å². The van der Waals surface area contributed by atoms with Crippen molar-refractivity contribution in [3.63, 3.8) is 0 Å². The molecule has 0 radical (unpaired) electrons. The molecule has 0 fully saturated rings. The van der Waals surface area contributed by atoms with Crippen molar-refractivity contribution in [3.8, 4) is 0 Å². The summed E-state index contributed by atoms with van der Waals surface area (Å²) in [6.45, 7) is 1.63. The lowest BCUT2D eigenvalue weighted by Crippen LogP contribution is -2.22. The summed E-state index contributed by atoms with van der Waals surface area (Å²) >= 11 is 0. The van der Waals surface area contributed by atoms with Gasteiger partial charge in [-0.3, -0.25) is 4.79 Å². The molecule has 1 amide bonds. The lowest BCUT2D eigenvalue weighted by Gasteiger charge is -2.02. The second-order valence-corrected chi connectivity index (χ2v) is 4.56. The summed E-state index contributed by atoms with van der Waals surface area (Å²) in [6.07, 6.45) is 0.0457. The molecule has 0 bridgehead atoms. The van der Waals surface area contributed by atoms with Crippen LogP contribution in [0.15, 0.2) is 29.4 Å². The summed E-state index contributed by atoms with van der Waals surface area (Å²) < 4.78 is 12.8. The SMILES string of the molecule is C/C(Cn1nnc([N+](=O)[O-])n1)=N/NC(=O)Cc1ccc(F)cc1. The fourth-order valence-electron chi connectivity index (χ4n) is 1.60. The minimum absolute atomic E-state index is 0.0394. The van der Waals surface area contributed by atoms with Crippen LogP contribution in [-0.4, -0.2) is 36.7 Å². The van der Waals surface area contributed by atoms with Gasteiger partial charge in [0.1, 0.15) is 12.4 Å². The number of carbonyl (C=O) groups excluding carboxylic acids is 1. The van der Waals surface area contributed by atoms with E-state index in [1.54, 1.807) is 6.92 Å². The largest absolute Gasteiger partial charge is 0.514 e. The van der Waals surface area contributed by atoms with Gasteiger partial charge in [-0.1, -0.05) is 16.9 Å². The van der Waals surface area contributed by atoms with Gasteiger partial charge in [0.15, 0.2) is 0 Å². The Morgan fingerprint density at radius 2 is 2.13 bits per heavy atom. The zero-order valence-corrected chi connectivity index (χ0v) is 12.0. The van der Waals surface area contributed by atoms with E-state index in [0.717, 1.165) is 4.80 Å². The average Bonchev–Trinajstić information content (AvgIpc) is 2.96. The fraction of sp³-hybridized carbons (Fsp3) is 0.250. The molecule has 1 N–H and O–H groups in total. The van der Waals surface area contributed by atoms with Crippen LogP contribution in [0.1, 0.15) is 12.5 Å². The first-order chi connectivity index (χ1) is 10.9. The van der Waals surface area contributed by atoms with Gasteiger partial charge in [0.05, 0.1) is 22.3 Å². The third-order valence-corrected chi connectivity index (χ3v) is 2.63. The van der Waals surface area contributed by atoms with Crippen LogP contribution in [0.25, 0.3) is 0 Å². The molecular formula is C12H12FN7O3. The van der Waals surface area contributed by atoms with Crippen molar-refractivity contribution >= 4 is 17.6 Å². The highest BCUT2D eigenvalue weighted by Crippen LogP contribution is 2.03. The molecule has 2 aromatic rings. The summed E-state index contributed by atoms with van der Waals surface area (Å²) in [6, 6.07) is 5.54. The third kappa shape index (κ3) is 4.91. The molecular weight excluding hydrogens is 309 g/mol. The van der Waals surface area contributed by atoms with Crippen LogP contribution in [0.3, 0.4) is 0 Å². The number of aromatic nitrogens is 4. The van der Waals surface area contributed by atoms with Crippen molar-refractivity contribution < 1.29 is 14.1 Å². The van der Waals surface area contributed by atoms with Crippen molar-refractivity contribution in [1.82, 2.24) is 25.6 Å². The number of benzene rings is 1. The number of amides is 1. The molecule has 2 rings (SSSR count). The minimum Gasteiger partial charge on any atom is -0.390 e. The Labute approximate surface area is 129 Å². The quantitative estimate of drug-likeness (QED) is 0.467. The maximum atomic E-state index is 12.8. The zero-order chi connectivity index (χ0) is 16.8. The summed E-state index contributed by atoms with van der Waals surface area (Å²) in [4.78, 5) is 22.3. The highest BCUT2D eigenvalue weighted by molar-refractivity contribution is 5.84. The second-order valence-electron chi connectivity index (χ2n) is 4.56. The van der Waals surface area contributed by atoms with Gasteiger partial charge in [-0.05, 0) is 29.5 Å². The number of tetrazole rings is 1. The lowest BCUT2D eigenvalue weighted by molar-refractivity contribution is -0.394. The molecule has 0 aliphatic carbocycles. The van der Waals surface area contributed by atoms with Crippen molar-refractivity contribution in [1.29, 1.82) is 0 Å². The van der Waals surface area contributed by atoms with Gasteiger partial charge in [-0.25, -0.2) is 9.82 Å². The van der Waals surface area contributed by atoms with E-state index in [1.165, 1.54) is 24.3 Å². The second kappa shape index (κ2) is 7.15. The highest BCUT2D eigenvalue weighted by atomic mass is 19.1. The number of hydrazone groups is 1. The molecule has 0 spiro atoms. The predicted octanol–water partition coefficient (Wildman–Crippen LogP) is 0.455. The number of nitrogens with zero attached hydrogens (tertiary/aromatic N) is 6. The molecule has 1 heterocycles. The van der Waals surface area contributed by atoms with Gasteiger partial charge < -0.3 is 10.1 Å². The Balaban J connectivity index is 1.86. The molecule has 1 aromatic heterocycles. The molecule has 0 aliphatic rings. The van der Waals surface area contributed by atoms with E-state index < -0.39 is 10.9 Å². The Kier molecular flexibility index (Phi) is 5.02. The van der Waals surface area contributed by atoms with Crippen molar-refractivity contribution in [2.45, 2.75) is 19.9 Å². The Bertz CT molecular complexity index is 741. The van der Waals surface area contributed by atoms with E-state index in [2.05, 4.69) is 25.9 Å². The van der Waals surface area contributed by atoms with Crippen LogP contribution in [0, 0.1) is 15.9 Å². The van der Waals surface area contributed by atoms with E-state index in [0.29, 0.717) is 11.3 Å². The first-order valence-corrected chi connectivity index (χ1v) is 6.42. The predicted molar refractivity (Wildman–Crippen MR) is 75.8 cm³/mol. The Morgan fingerprint density at radius 3 is 2.74 bits per heavy atom. The number of nitro groups is 1. The monoisotopic (exact) mass is 321 g/mol. The van der Waals surface area contributed by atoms with E-state index in [1.807, 2.05) is 0 Å². The van der Waals surface area contributed by atoms with Gasteiger partial charge in [0.25, 0.3) is 0 Å². The molecule has 120 valence electrons. The summed E-state index contributed by atoms with van der Waals surface area (Å²) in [5, 5.41) is 24.5. The fourth-order valence-corrected chi connectivity index (χ4v) is 1.60. The number of hydrogen-bond acceptors (Lipinski definition) is 7. The van der Waals surface area contributed by atoms with Crippen LogP contribution < -0.4 is 5.43 Å². The van der Waals surface area contributed by atoms with Crippen LogP contribution in [0.5, 0.6) is 0 Å². The highest BCUT2D eigenvalue weighted by Gasteiger charge is 2.15. The van der Waals surface area contributed by atoms with Crippen molar-refractivity contribution in [3.05, 3.63) is 45.8 Å². The molecule has 0 aliphatic heterocycles. The van der Waals surface area contributed by atoms with E-state index >= 15 is 0 Å². The molecule has 10 nitrogen and oxygen atoms in total. The van der Waals surface area contributed by atoms with Gasteiger partial charge in [0.2, 0.25) is 5.91 Å². The van der Waals surface area contributed by atoms with Gasteiger partial charge >= 0.3 is 5.95 Å². The Hall–Kier alpha value is -3.24. The maximum Gasteiger partial charge on any atom is 0.514 e. The van der Waals surface area contributed by atoms with E-state index in [9.17, 15) is 19.3 Å². The average molecular weight is 321 g/mol. The molecule has 23 heavy (non-hydrogen) atoms. The molecule has 0 saturated heterocycles. The summed E-state index contributed by atoms with van der Waals surface area (Å²) in [5.74, 6) is -1.37. The van der Waals surface area contributed by atoms with Crippen LogP contribution >= 0.6 is 0 Å². The maximum absolute atomic E-state index is 12.8. The van der Waals surface area contributed by atoms with Crippen LogP contribution in [0.4, 0.5) is 10.3 Å². The zero-order valence-electron chi connectivity index (χ0n) is 12.0. The van der Waals surface area contributed by atoms with Crippen LogP contribution in [-0.2, 0) is 17.8 Å². The Morgan fingerprint density at radius 1 is 1.43 bits per heavy atom. The topological polar surface area (TPSA) is 128 Å². The standard InChI is InChI=1S/C12H12FN7O3/c1-8(7-19-17-12(16-18-19)20(22)23)14-15-11(21)6-9-2-4-10(13)5-3-9/h2-5H,6-7H2,1H3,(H,15,21)/b14-8-. The van der Waals surface area contributed by atoms with E-state index in [4.69, 9.17) is 0 Å². The lowest BCUT2D eigenvalue weighted by atomic mass is 10.1. The number of carbonyl (C=O) groups is 1. The summed E-state index contributed by atoms with van der Waals surface area (Å²) in [5.41, 5.74) is 3.39. The van der Waals surface area contributed by atoms with Crippen LogP contribution in [0.2, 0.25) is 0 Å². The molecule has 1 aromatic carbocycles. The van der Waals surface area contributed by atoms with Gasteiger partial charge in [-0.15, -0.1) is 0 Å². The number of hydrogen-bond donors (Lipinski definition) is 1. The molecule has 0 atom stereocenters. The number of halogens is 1. The number of rotatable bonds is 6.